The van der Waals surface area contributed by atoms with Gasteiger partial charge in [0, 0.05) is 36.2 Å². The first-order valence-corrected chi connectivity index (χ1v) is 6.49. The van der Waals surface area contributed by atoms with E-state index in [1.54, 1.807) is 42.4 Å². The van der Waals surface area contributed by atoms with Crippen molar-refractivity contribution in [3.8, 4) is 0 Å². The van der Waals surface area contributed by atoms with Crippen molar-refractivity contribution in [2.75, 3.05) is 11.9 Å². The zero-order valence-electron chi connectivity index (χ0n) is 10.8. The molecular weight excluding hydrogens is 274 g/mol. The average molecular weight is 286 g/mol. The molecule has 20 heavy (non-hydrogen) atoms. The molecule has 5 heteroatoms. The summed E-state index contributed by atoms with van der Waals surface area (Å²) in [6.07, 6.45) is 5.44. The van der Waals surface area contributed by atoms with Crippen LogP contribution in [-0.2, 0) is 0 Å². The summed E-state index contributed by atoms with van der Waals surface area (Å²) in [6, 6.07) is 10.6. The summed E-state index contributed by atoms with van der Waals surface area (Å²) in [5.74, 6) is -0.0823. The summed E-state index contributed by atoms with van der Waals surface area (Å²) in [6.45, 7) is 0. The Bertz CT molecular complexity index is 764. The largest absolute Gasteiger partial charge is 0.310 e. The molecule has 0 saturated carbocycles. The molecule has 0 atom stereocenters. The van der Waals surface area contributed by atoms with Crippen molar-refractivity contribution < 1.29 is 4.79 Å². The highest BCUT2D eigenvalue weighted by molar-refractivity contribution is 6.30. The van der Waals surface area contributed by atoms with Crippen LogP contribution in [0.4, 0.5) is 5.69 Å². The van der Waals surface area contributed by atoms with Gasteiger partial charge in [0.25, 0.3) is 5.91 Å². The van der Waals surface area contributed by atoms with Gasteiger partial charge in [-0.05, 0) is 36.4 Å². The number of anilines is 1. The van der Waals surface area contributed by atoms with Gasteiger partial charge < -0.3 is 9.30 Å². The van der Waals surface area contributed by atoms with E-state index in [4.69, 9.17) is 11.6 Å². The standard InChI is InChI=1S/C15H12ClN3O/c1-18(15(20)11-2-4-12(16)5-3-11)13-6-7-14-17-8-9-19(14)10-13/h2-10H,1H3. The number of hydrogen-bond acceptors (Lipinski definition) is 2. The maximum atomic E-state index is 12.4. The Morgan fingerprint density at radius 2 is 1.95 bits per heavy atom. The van der Waals surface area contributed by atoms with Crippen LogP contribution in [0, 0.1) is 0 Å². The summed E-state index contributed by atoms with van der Waals surface area (Å²) in [7, 11) is 1.75. The number of hydrogen-bond donors (Lipinski definition) is 0. The van der Waals surface area contributed by atoms with Crippen LogP contribution < -0.4 is 4.90 Å². The smallest absolute Gasteiger partial charge is 0.258 e. The van der Waals surface area contributed by atoms with Crippen LogP contribution >= 0.6 is 11.6 Å². The number of nitrogens with zero attached hydrogens (tertiary/aromatic N) is 3. The van der Waals surface area contributed by atoms with Gasteiger partial charge in [0.2, 0.25) is 0 Å². The van der Waals surface area contributed by atoms with Crippen LogP contribution in [0.1, 0.15) is 10.4 Å². The Morgan fingerprint density at radius 1 is 1.20 bits per heavy atom. The van der Waals surface area contributed by atoms with Gasteiger partial charge >= 0.3 is 0 Å². The number of fused-ring (bicyclic) bond motifs is 1. The lowest BCUT2D eigenvalue weighted by atomic mass is 10.2. The molecule has 0 aliphatic carbocycles. The first-order valence-electron chi connectivity index (χ1n) is 6.11. The number of carbonyl (C=O) groups excluding carboxylic acids is 1. The molecule has 4 nitrogen and oxygen atoms in total. The number of benzene rings is 1. The van der Waals surface area contributed by atoms with E-state index in [9.17, 15) is 4.79 Å². The minimum Gasteiger partial charge on any atom is -0.310 e. The first-order chi connectivity index (χ1) is 9.65. The van der Waals surface area contributed by atoms with E-state index in [1.807, 2.05) is 28.9 Å². The fourth-order valence-electron chi connectivity index (χ4n) is 2.01. The van der Waals surface area contributed by atoms with Crippen LogP contribution in [0.5, 0.6) is 0 Å². The number of pyridine rings is 1. The third kappa shape index (κ3) is 2.26. The maximum absolute atomic E-state index is 12.4. The van der Waals surface area contributed by atoms with Crippen molar-refractivity contribution in [3.63, 3.8) is 0 Å². The van der Waals surface area contributed by atoms with Gasteiger partial charge in [-0.15, -0.1) is 0 Å². The lowest BCUT2D eigenvalue weighted by Crippen LogP contribution is -2.26. The van der Waals surface area contributed by atoms with E-state index >= 15 is 0 Å². The number of rotatable bonds is 2. The second-order valence-corrected chi connectivity index (χ2v) is 4.89. The molecule has 3 rings (SSSR count). The number of carbonyl (C=O) groups is 1. The number of imidazole rings is 1. The minimum absolute atomic E-state index is 0.0823. The Balaban J connectivity index is 1.92. The van der Waals surface area contributed by atoms with E-state index in [0.717, 1.165) is 11.3 Å². The SMILES string of the molecule is CN(C(=O)c1ccc(Cl)cc1)c1ccc2nccn2c1. The molecule has 3 aromatic rings. The lowest BCUT2D eigenvalue weighted by molar-refractivity contribution is 0.0993. The fraction of sp³-hybridized carbons (Fsp3) is 0.0667. The summed E-state index contributed by atoms with van der Waals surface area (Å²) in [5, 5.41) is 0.615. The average Bonchev–Trinajstić information content (AvgIpc) is 2.94. The quantitative estimate of drug-likeness (QED) is 0.725. The Hall–Kier alpha value is -2.33. The summed E-state index contributed by atoms with van der Waals surface area (Å²) in [5.41, 5.74) is 2.25. The van der Waals surface area contributed by atoms with Gasteiger partial charge in [0.15, 0.2) is 0 Å². The molecule has 1 amide bonds. The van der Waals surface area contributed by atoms with E-state index in [1.165, 1.54) is 0 Å². The highest BCUT2D eigenvalue weighted by Crippen LogP contribution is 2.17. The van der Waals surface area contributed by atoms with Gasteiger partial charge in [0.1, 0.15) is 5.65 Å². The molecule has 2 aromatic heterocycles. The number of amides is 1. The molecule has 0 fully saturated rings. The monoisotopic (exact) mass is 285 g/mol. The topological polar surface area (TPSA) is 37.6 Å². The maximum Gasteiger partial charge on any atom is 0.258 e. The highest BCUT2D eigenvalue weighted by atomic mass is 35.5. The van der Waals surface area contributed by atoms with Crippen molar-refractivity contribution in [2.24, 2.45) is 0 Å². The second kappa shape index (κ2) is 4.98. The van der Waals surface area contributed by atoms with E-state index in [0.29, 0.717) is 10.6 Å². The molecule has 2 heterocycles. The van der Waals surface area contributed by atoms with Crippen molar-refractivity contribution in [1.82, 2.24) is 9.38 Å². The summed E-state index contributed by atoms with van der Waals surface area (Å²) < 4.78 is 1.88. The molecule has 0 unspecified atom stereocenters. The van der Waals surface area contributed by atoms with Crippen LogP contribution in [0.15, 0.2) is 55.0 Å². The van der Waals surface area contributed by atoms with Gasteiger partial charge in [-0.3, -0.25) is 4.79 Å². The molecule has 0 aliphatic heterocycles. The van der Waals surface area contributed by atoms with Gasteiger partial charge in [-0.2, -0.15) is 0 Å². The third-order valence-corrected chi connectivity index (χ3v) is 3.41. The Morgan fingerprint density at radius 3 is 2.70 bits per heavy atom. The molecule has 0 bridgehead atoms. The van der Waals surface area contributed by atoms with E-state index < -0.39 is 0 Å². The summed E-state index contributed by atoms with van der Waals surface area (Å²) >= 11 is 5.83. The number of aromatic nitrogens is 2. The third-order valence-electron chi connectivity index (χ3n) is 3.16. The normalized spacial score (nSPS) is 10.7. The molecule has 0 N–H and O–H groups in total. The minimum atomic E-state index is -0.0823. The second-order valence-electron chi connectivity index (χ2n) is 4.45. The van der Waals surface area contributed by atoms with Gasteiger partial charge in [-0.25, -0.2) is 4.98 Å². The van der Waals surface area contributed by atoms with Crippen molar-refractivity contribution in [1.29, 1.82) is 0 Å². The predicted octanol–water partition coefficient (Wildman–Crippen LogP) is 3.26. The van der Waals surface area contributed by atoms with Crippen molar-refractivity contribution in [2.45, 2.75) is 0 Å². The predicted molar refractivity (Wildman–Crippen MR) is 79.4 cm³/mol. The first kappa shape index (κ1) is 12.7. The number of halogens is 1. The summed E-state index contributed by atoms with van der Waals surface area (Å²) in [4.78, 5) is 18.2. The zero-order valence-corrected chi connectivity index (χ0v) is 11.6. The zero-order chi connectivity index (χ0) is 14.1. The van der Waals surface area contributed by atoms with E-state index in [-0.39, 0.29) is 5.91 Å². The molecule has 0 aliphatic rings. The molecule has 1 aromatic carbocycles. The van der Waals surface area contributed by atoms with Crippen LogP contribution in [-0.4, -0.2) is 22.3 Å². The van der Waals surface area contributed by atoms with Crippen LogP contribution in [0.2, 0.25) is 5.02 Å². The van der Waals surface area contributed by atoms with Crippen molar-refractivity contribution in [3.05, 3.63) is 65.6 Å². The highest BCUT2D eigenvalue weighted by Gasteiger charge is 2.13. The molecule has 0 radical (unpaired) electrons. The molecule has 0 saturated heterocycles. The van der Waals surface area contributed by atoms with Crippen molar-refractivity contribution >= 4 is 28.8 Å². The Kier molecular flexibility index (Phi) is 3.16. The fourth-order valence-corrected chi connectivity index (χ4v) is 2.14. The molecular formula is C15H12ClN3O. The van der Waals surface area contributed by atoms with Gasteiger partial charge in [-0.1, -0.05) is 11.6 Å². The Labute approximate surface area is 121 Å². The van der Waals surface area contributed by atoms with E-state index in [2.05, 4.69) is 4.98 Å². The molecule has 100 valence electrons. The lowest BCUT2D eigenvalue weighted by Gasteiger charge is -2.17. The molecule has 0 spiro atoms. The van der Waals surface area contributed by atoms with Gasteiger partial charge in [0.05, 0.1) is 5.69 Å². The van der Waals surface area contributed by atoms with Crippen LogP contribution in [0.25, 0.3) is 5.65 Å². The van der Waals surface area contributed by atoms with Crippen LogP contribution in [0.3, 0.4) is 0 Å².